The van der Waals surface area contributed by atoms with Gasteiger partial charge in [0.1, 0.15) is 0 Å². The Morgan fingerprint density at radius 3 is 2.74 bits per heavy atom. The maximum Gasteiger partial charge on any atom is 0.324 e. The molecule has 108 valence electrons. The van der Waals surface area contributed by atoms with E-state index >= 15 is 0 Å². The monoisotopic (exact) mass is 270 g/mol. The van der Waals surface area contributed by atoms with Crippen LogP contribution in [0.5, 0.6) is 0 Å². The molecule has 0 spiro atoms. The van der Waals surface area contributed by atoms with Crippen LogP contribution in [0.2, 0.25) is 0 Å². The Hall–Kier alpha value is -1.63. The van der Waals surface area contributed by atoms with Gasteiger partial charge >= 0.3 is 6.03 Å². The summed E-state index contributed by atoms with van der Waals surface area (Å²) >= 11 is 0. The molecule has 4 amide bonds. The number of carbonyl (C=O) groups is 3. The molecule has 2 atom stereocenters. The van der Waals surface area contributed by atoms with Crippen LogP contribution in [0.4, 0.5) is 4.79 Å². The van der Waals surface area contributed by atoms with E-state index in [0.29, 0.717) is 19.5 Å². The van der Waals surface area contributed by atoms with Gasteiger partial charge < -0.3 is 16.4 Å². The Bertz CT molecular complexity index is 343. The Balaban J connectivity index is 2.22. The van der Waals surface area contributed by atoms with Crippen molar-refractivity contribution in [2.45, 2.75) is 32.7 Å². The van der Waals surface area contributed by atoms with E-state index in [9.17, 15) is 14.4 Å². The van der Waals surface area contributed by atoms with E-state index in [-0.39, 0.29) is 30.3 Å². The van der Waals surface area contributed by atoms with E-state index < -0.39 is 6.04 Å². The lowest BCUT2D eigenvalue weighted by Gasteiger charge is -2.18. The molecule has 19 heavy (non-hydrogen) atoms. The van der Waals surface area contributed by atoms with Crippen molar-refractivity contribution in [3.63, 3.8) is 0 Å². The maximum atomic E-state index is 11.7. The van der Waals surface area contributed by atoms with Gasteiger partial charge in [0, 0.05) is 13.1 Å². The highest BCUT2D eigenvalue weighted by Crippen LogP contribution is 2.05. The van der Waals surface area contributed by atoms with Crippen LogP contribution >= 0.6 is 0 Å². The SMILES string of the molecule is CCC(C)C(N)C(=O)NCCCN1C(=O)CNC1=O. The van der Waals surface area contributed by atoms with Crippen molar-refractivity contribution < 1.29 is 14.4 Å². The highest BCUT2D eigenvalue weighted by molar-refractivity contribution is 6.01. The zero-order valence-corrected chi connectivity index (χ0v) is 11.4. The molecule has 7 nitrogen and oxygen atoms in total. The quantitative estimate of drug-likeness (QED) is 0.425. The molecular weight excluding hydrogens is 248 g/mol. The fraction of sp³-hybridized carbons (Fsp3) is 0.750. The van der Waals surface area contributed by atoms with Crippen molar-refractivity contribution in [3.05, 3.63) is 0 Å². The molecular formula is C12H22N4O3. The molecule has 0 aromatic rings. The summed E-state index contributed by atoms with van der Waals surface area (Å²) in [5.41, 5.74) is 5.78. The summed E-state index contributed by atoms with van der Waals surface area (Å²) in [7, 11) is 0. The minimum atomic E-state index is -0.512. The van der Waals surface area contributed by atoms with Crippen LogP contribution in [0.3, 0.4) is 0 Å². The number of urea groups is 1. The lowest BCUT2D eigenvalue weighted by atomic mass is 9.99. The van der Waals surface area contributed by atoms with Gasteiger partial charge in [0.15, 0.2) is 0 Å². The van der Waals surface area contributed by atoms with Gasteiger partial charge in [0.25, 0.3) is 0 Å². The van der Waals surface area contributed by atoms with E-state index in [1.54, 1.807) is 0 Å². The van der Waals surface area contributed by atoms with Gasteiger partial charge in [-0.3, -0.25) is 14.5 Å². The molecule has 0 aromatic heterocycles. The average molecular weight is 270 g/mol. The highest BCUT2D eigenvalue weighted by Gasteiger charge is 2.27. The second-order valence-corrected chi connectivity index (χ2v) is 4.76. The summed E-state index contributed by atoms with van der Waals surface area (Å²) < 4.78 is 0. The second-order valence-electron chi connectivity index (χ2n) is 4.76. The Kier molecular flexibility index (Phi) is 5.75. The minimum Gasteiger partial charge on any atom is -0.355 e. The van der Waals surface area contributed by atoms with Crippen LogP contribution in [0.15, 0.2) is 0 Å². The lowest BCUT2D eigenvalue weighted by Crippen LogP contribution is -2.45. The first kappa shape index (κ1) is 15.4. The Labute approximate surface area is 112 Å². The molecule has 1 saturated heterocycles. The molecule has 0 radical (unpaired) electrons. The number of amides is 4. The summed E-state index contributed by atoms with van der Waals surface area (Å²) in [5, 5.41) is 5.16. The summed E-state index contributed by atoms with van der Waals surface area (Å²) in [6.45, 7) is 4.68. The fourth-order valence-corrected chi connectivity index (χ4v) is 1.76. The molecule has 1 rings (SSSR count). The van der Waals surface area contributed by atoms with E-state index in [1.165, 1.54) is 0 Å². The molecule has 0 aliphatic carbocycles. The van der Waals surface area contributed by atoms with Crippen LogP contribution in [0.25, 0.3) is 0 Å². The van der Waals surface area contributed by atoms with Crippen molar-refractivity contribution >= 4 is 17.8 Å². The maximum absolute atomic E-state index is 11.7. The molecule has 1 heterocycles. The zero-order valence-electron chi connectivity index (χ0n) is 11.4. The molecule has 0 bridgehead atoms. The smallest absolute Gasteiger partial charge is 0.324 e. The van der Waals surface area contributed by atoms with Gasteiger partial charge in [-0.05, 0) is 12.3 Å². The molecule has 2 unspecified atom stereocenters. The number of nitrogens with zero attached hydrogens (tertiary/aromatic N) is 1. The summed E-state index contributed by atoms with van der Waals surface area (Å²) in [4.78, 5) is 35.3. The Morgan fingerprint density at radius 2 is 2.21 bits per heavy atom. The van der Waals surface area contributed by atoms with E-state index in [0.717, 1.165) is 11.3 Å². The van der Waals surface area contributed by atoms with Crippen molar-refractivity contribution in [2.24, 2.45) is 11.7 Å². The largest absolute Gasteiger partial charge is 0.355 e. The van der Waals surface area contributed by atoms with E-state index in [4.69, 9.17) is 5.73 Å². The van der Waals surface area contributed by atoms with Gasteiger partial charge in [-0.2, -0.15) is 0 Å². The van der Waals surface area contributed by atoms with E-state index in [1.807, 2.05) is 13.8 Å². The van der Waals surface area contributed by atoms with Crippen LogP contribution in [-0.4, -0.2) is 48.4 Å². The topological polar surface area (TPSA) is 105 Å². The van der Waals surface area contributed by atoms with Gasteiger partial charge in [-0.15, -0.1) is 0 Å². The molecule has 0 saturated carbocycles. The van der Waals surface area contributed by atoms with Crippen LogP contribution in [0, 0.1) is 5.92 Å². The van der Waals surface area contributed by atoms with Crippen molar-refractivity contribution in [1.82, 2.24) is 15.5 Å². The summed E-state index contributed by atoms with van der Waals surface area (Å²) in [6.07, 6.45) is 1.37. The lowest BCUT2D eigenvalue weighted by molar-refractivity contribution is -0.125. The van der Waals surface area contributed by atoms with Gasteiger partial charge in [-0.25, -0.2) is 4.79 Å². The summed E-state index contributed by atoms with van der Waals surface area (Å²) in [6, 6.07) is -0.880. The number of carbonyl (C=O) groups excluding carboxylic acids is 3. The van der Waals surface area contributed by atoms with Gasteiger partial charge in [-0.1, -0.05) is 20.3 Å². The first-order valence-corrected chi connectivity index (χ1v) is 6.58. The van der Waals surface area contributed by atoms with Crippen molar-refractivity contribution in [2.75, 3.05) is 19.6 Å². The molecule has 0 aromatic carbocycles. The van der Waals surface area contributed by atoms with Crippen molar-refractivity contribution in [1.29, 1.82) is 0 Å². The molecule has 7 heteroatoms. The fourth-order valence-electron chi connectivity index (χ4n) is 1.76. The predicted octanol–water partition coefficient (Wildman–Crippen LogP) is -0.582. The van der Waals surface area contributed by atoms with Crippen molar-refractivity contribution in [3.8, 4) is 0 Å². The number of nitrogens with one attached hydrogen (secondary N) is 2. The number of rotatable bonds is 7. The highest BCUT2D eigenvalue weighted by atomic mass is 16.2. The van der Waals surface area contributed by atoms with Gasteiger partial charge in [0.05, 0.1) is 12.6 Å². The van der Waals surface area contributed by atoms with Crippen LogP contribution in [-0.2, 0) is 9.59 Å². The van der Waals surface area contributed by atoms with Gasteiger partial charge in [0.2, 0.25) is 11.8 Å². The summed E-state index contributed by atoms with van der Waals surface area (Å²) in [5.74, 6) is -0.287. The predicted molar refractivity (Wildman–Crippen MR) is 70.2 cm³/mol. The average Bonchev–Trinajstić information content (AvgIpc) is 2.72. The first-order valence-electron chi connectivity index (χ1n) is 6.58. The Morgan fingerprint density at radius 1 is 1.53 bits per heavy atom. The second kappa shape index (κ2) is 7.08. The molecule has 1 aliphatic rings. The number of nitrogens with two attached hydrogens (primary N) is 1. The standard InChI is InChI=1S/C12H22N4O3/c1-3-8(2)10(13)11(18)14-5-4-6-16-9(17)7-15-12(16)19/h8,10H,3-7,13H2,1-2H3,(H,14,18)(H,15,19). The molecule has 1 aliphatic heterocycles. The first-order chi connectivity index (χ1) is 8.97. The third-order valence-corrected chi connectivity index (χ3v) is 3.35. The number of hydrogen-bond acceptors (Lipinski definition) is 4. The normalized spacial score (nSPS) is 18.2. The number of imide groups is 1. The third-order valence-electron chi connectivity index (χ3n) is 3.35. The van der Waals surface area contributed by atoms with E-state index in [2.05, 4.69) is 10.6 Å². The number of hydrogen-bond donors (Lipinski definition) is 3. The van der Waals surface area contributed by atoms with Crippen LogP contribution < -0.4 is 16.4 Å². The van der Waals surface area contributed by atoms with Crippen LogP contribution in [0.1, 0.15) is 26.7 Å². The minimum absolute atomic E-state index is 0.0596. The third kappa shape index (κ3) is 4.20. The molecule has 1 fully saturated rings. The molecule has 4 N–H and O–H groups in total. The zero-order chi connectivity index (χ0) is 14.4.